The molecule has 0 radical (unpaired) electrons. The van der Waals surface area contributed by atoms with E-state index >= 15 is 0 Å². The summed E-state index contributed by atoms with van der Waals surface area (Å²) in [6.07, 6.45) is 0.981. The van der Waals surface area contributed by atoms with Crippen molar-refractivity contribution >= 4 is 0 Å². The minimum absolute atomic E-state index is 0.356. The van der Waals surface area contributed by atoms with Crippen molar-refractivity contribution < 1.29 is 5.11 Å². The molecule has 0 spiro atoms. The second kappa shape index (κ2) is 11.0. The Hall–Kier alpha value is -0.980. The number of phenols is 1. The molecule has 0 aromatic heterocycles. The molecule has 1 N–H and O–H groups in total. The van der Waals surface area contributed by atoms with Crippen LogP contribution in [0.4, 0.5) is 0 Å². The fourth-order valence-electron chi connectivity index (χ4n) is 0.776. The number of aromatic hydroxyl groups is 1. The lowest BCUT2D eigenvalue weighted by molar-refractivity contribution is 0.474. The Labute approximate surface area is 82.4 Å². The van der Waals surface area contributed by atoms with Gasteiger partial charge < -0.3 is 5.11 Å². The molecule has 1 aromatic rings. The van der Waals surface area contributed by atoms with Crippen molar-refractivity contribution in [3.8, 4) is 5.75 Å². The number of hydrogen-bond donors (Lipinski definition) is 1. The molecule has 1 rings (SSSR count). The maximum atomic E-state index is 8.94. The van der Waals surface area contributed by atoms with Gasteiger partial charge in [0.2, 0.25) is 0 Å². The van der Waals surface area contributed by atoms with E-state index in [0.29, 0.717) is 5.75 Å². The van der Waals surface area contributed by atoms with E-state index in [4.69, 9.17) is 5.11 Å². The van der Waals surface area contributed by atoms with Crippen LogP contribution in [-0.2, 0) is 6.42 Å². The SMILES string of the molecule is CC.CC.CCc1cccc(O)c1. The topological polar surface area (TPSA) is 20.2 Å². The Morgan fingerprint density at radius 3 is 1.92 bits per heavy atom. The molecule has 0 aliphatic rings. The first-order valence-electron chi connectivity index (χ1n) is 5.11. The molecular weight excluding hydrogens is 160 g/mol. The monoisotopic (exact) mass is 182 g/mol. The molecule has 0 bridgehead atoms. The molecule has 0 saturated carbocycles. The molecule has 0 fully saturated rings. The lowest BCUT2D eigenvalue weighted by atomic mass is 10.2. The minimum Gasteiger partial charge on any atom is -0.508 e. The van der Waals surface area contributed by atoms with Crippen molar-refractivity contribution in [3.63, 3.8) is 0 Å². The summed E-state index contributed by atoms with van der Waals surface area (Å²) in [4.78, 5) is 0. The summed E-state index contributed by atoms with van der Waals surface area (Å²) in [5, 5.41) is 8.94. The van der Waals surface area contributed by atoms with Gasteiger partial charge in [0.05, 0.1) is 0 Å². The van der Waals surface area contributed by atoms with Gasteiger partial charge in [-0.05, 0) is 24.1 Å². The average molecular weight is 182 g/mol. The quantitative estimate of drug-likeness (QED) is 0.695. The molecule has 0 saturated heterocycles. The van der Waals surface area contributed by atoms with Crippen molar-refractivity contribution in [2.45, 2.75) is 41.0 Å². The third-order valence-electron chi connectivity index (χ3n) is 1.32. The van der Waals surface area contributed by atoms with E-state index in [9.17, 15) is 0 Å². The molecule has 0 heterocycles. The van der Waals surface area contributed by atoms with Crippen molar-refractivity contribution in [2.24, 2.45) is 0 Å². The van der Waals surface area contributed by atoms with E-state index in [1.54, 1.807) is 12.1 Å². The minimum atomic E-state index is 0.356. The van der Waals surface area contributed by atoms with Gasteiger partial charge in [-0.15, -0.1) is 0 Å². The molecule has 0 atom stereocenters. The zero-order valence-corrected chi connectivity index (χ0v) is 9.46. The molecule has 1 nitrogen and oxygen atoms in total. The lowest BCUT2D eigenvalue weighted by Gasteiger charge is -1.94. The van der Waals surface area contributed by atoms with E-state index < -0.39 is 0 Å². The maximum Gasteiger partial charge on any atom is 0.115 e. The summed E-state index contributed by atoms with van der Waals surface area (Å²) in [5.41, 5.74) is 1.18. The van der Waals surface area contributed by atoms with E-state index in [0.717, 1.165) is 6.42 Å². The highest BCUT2D eigenvalue weighted by Gasteiger charge is 1.87. The van der Waals surface area contributed by atoms with E-state index in [1.165, 1.54) is 5.56 Å². The average Bonchev–Trinajstić information content (AvgIpc) is 2.24. The normalized spacial score (nSPS) is 7.46. The van der Waals surface area contributed by atoms with Crippen LogP contribution in [0.25, 0.3) is 0 Å². The van der Waals surface area contributed by atoms with Crippen LogP contribution in [0.2, 0.25) is 0 Å². The molecule has 1 aromatic carbocycles. The number of benzene rings is 1. The summed E-state index contributed by atoms with van der Waals surface area (Å²) in [6.45, 7) is 10.1. The largest absolute Gasteiger partial charge is 0.508 e. The zero-order chi connectivity index (χ0) is 10.7. The van der Waals surface area contributed by atoms with Crippen molar-refractivity contribution in [1.29, 1.82) is 0 Å². The van der Waals surface area contributed by atoms with Crippen LogP contribution in [-0.4, -0.2) is 5.11 Å². The van der Waals surface area contributed by atoms with Gasteiger partial charge in [-0.3, -0.25) is 0 Å². The summed E-state index contributed by atoms with van der Waals surface area (Å²) in [7, 11) is 0. The standard InChI is InChI=1S/C8H10O.2C2H6/c1-2-7-4-3-5-8(9)6-7;2*1-2/h3-6,9H,2H2,1H3;2*1-2H3. The highest BCUT2D eigenvalue weighted by molar-refractivity contribution is 5.26. The van der Waals surface area contributed by atoms with Crippen molar-refractivity contribution in [2.75, 3.05) is 0 Å². The summed E-state index contributed by atoms with van der Waals surface area (Å²) >= 11 is 0. The summed E-state index contributed by atoms with van der Waals surface area (Å²) < 4.78 is 0. The molecule has 0 aliphatic heterocycles. The van der Waals surface area contributed by atoms with Crippen LogP contribution in [0.15, 0.2) is 24.3 Å². The first-order valence-corrected chi connectivity index (χ1v) is 5.11. The summed E-state index contributed by atoms with van der Waals surface area (Å²) in [6, 6.07) is 7.31. The number of aryl methyl sites for hydroxylation is 1. The third kappa shape index (κ3) is 7.38. The highest BCUT2D eigenvalue weighted by atomic mass is 16.3. The van der Waals surface area contributed by atoms with E-state index in [1.807, 2.05) is 39.8 Å². The van der Waals surface area contributed by atoms with Crippen LogP contribution >= 0.6 is 0 Å². The second-order valence-corrected chi connectivity index (χ2v) is 2.02. The molecule has 1 heteroatoms. The Kier molecular flexibility index (Phi) is 12.3. The van der Waals surface area contributed by atoms with E-state index in [2.05, 4.69) is 6.92 Å². The van der Waals surface area contributed by atoms with Gasteiger partial charge in [-0.1, -0.05) is 46.8 Å². The molecule has 0 unspecified atom stereocenters. The van der Waals surface area contributed by atoms with Gasteiger partial charge in [0.1, 0.15) is 5.75 Å². The van der Waals surface area contributed by atoms with Gasteiger partial charge in [-0.2, -0.15) is 0 Å². The molecular formula is C12H22O. The number of rotatable bonds is 1. The van der Waals surface area contributed by atoms with Crippen LogP contribution in [0.3, 0.4) is 0 Å². The van der Waals surface area contributed by atoms with Gasteiger partial charge in [0.15, 0.2) is 0 Å². The Morgan fingerprint density at radius 2 is 1.62 bits per heavy atom. The van der Waals surface area contributed by atoms with Crippen LogP contribution in [0.1, 0.15) is 40.2 Å². The lowest BCUT2D eigenvalue weighted by Crippen LogP contribution is -1.75. The molecule has 76 valence electrons. The van der Waals surface area contributed by atoms with Crippen LogP contribution in [0.5, 0.6) is 5.75 Å². The molecule has 0 amide bonds. The Morgan fingerprint density at radius 1 is 1.08 bits per heavy atom. The fourth-order valence-corrected chi connectivity index (χ4v) is 0.776. The van der Waals surface area contributed by atoms with Gasteiger partial charge in [0, 0.05) is 0 Å². The number of phenolic OH excluding ortho intramolecular Hbond substituents is 1. The van der Waals surface area contributed by atoms with Crippen molar-refractivity contribution in [1.82, 2.24) is 0 Å². The fraction of sp³-hybridized carbons (Fsp3) is 0.500. The van der Waals surface area contributed by atoms with Gasteiger partial charge in [-0.25, -0.2) is 0 Å². The Bertz CT molecular complexity index is 194. The summed E-state index contributed by atoms with van der Waals surface area (Å²) in [5.74, 6) is 0.356. The first kappa shape index (κ1) is 14.5. The molecule has 13 heavy (non-hydrogen) atoms. The predicted octanol–water partition coefficient (Wildman–Crippen LogP) is 4.01. The van der Waals surface area contributed by atoms with Gasteiger partial charge >= 0.3 is 0 Å². The van der Waals surface area contributed by atoms with E-state index in [-0.39, 0.29) is 0 Å². The van der Waals surface area contributed by atoms with Crippen LogP contribution in [0, 0.1) is 0 Å². The zero-order valence-electron chi connectivity index (χ0n) is 9.46. The highest BCUT2D eigenvalue weighted by Crippen LogP contribution is 2.10. The Balaban J connectivity index is 0. The van der Waals surface area contributed by atoms with Crippen molar-refractivity contribution in [3.05, 3.63) is 29.8 Å². The number of hydrogen-bond acceptors (Lipinski definition) is 1. The van der Waals surface area contributed by atoms with Crippen LogP contribution < -0.4 is 0 Å². The third-order valence-corrected chi connectivity index (χ3v) is 1.32. The maximum absolute atomic E-state index is 8.94. The predicted molar refractivity (Wildman–Crippen MR) is 60.2 cm³/mol. The molecule has 0 aliphatic carbocycles. The van der Waals surface area contributed by atoms with Gasteiger partial charge in [0.25, 0.3) is 0 Å². The second-order valence-electron chi connectivity index (χ2n) is 2.02. The first-order chi connectivity index (χ1) is 6.33. The smallest absolute Gasteiger partial charge is 0.115 e.